The fourth-order valence-corrected chi connectivity index (χ4v) is 3.65. The maximum Gasteiger partial charge on any atom is 0.191 e. The molecule has 0 aliphatic carbocycles. The smallest absolute Gasteiger partial charge is 0.191 e. The highest BCUT2D eigenvalue weighted by atomic mass is 32.1. The number of ether oxygens (including phenoxy) is 1. The third-order valence-electron chi connectivity index (χ3n) is 4.46. The Kier molecular flexibility index (Phi) is 8.49. The van der Waals surface area contributed by atoms with E-state index in [2.05, 4.69) is 32.4 Å². The third kappa shape index (κ3) is 6.37. The molecule has 1 aliphatic rings. The van der Waals surface area contributed by atoms with Gasteiger partial charge in [-0.25, -0.2) is 4.98 Å². The van der Waals surface area contributed by atoms with E-state index in [0.29, 0.717) is 5.92 Å². The number of nitrogens with one attached hydrogen (secondary N) is 2. The van der Waals surface area contributed by atoms with Crippen molar-refractivity contribution in [3.8, 4) is 0 Å². The normalized spacial score (nSPS) is 17.2. The molecule has 1 fully saturated rings. The molecular weight excluding hydrogens is 322 g/mol. The van der Waals surface area contributed by atoms with Crippen molar-refractivity contribution >= 4 is 17.3 Å². The highest BCUT2D eigenvalue weighted by molar-refractivity contribution is 7.11. The number of hydrogen-bond acceptors (Lipinski definition) is 5. The molecule has 1 aliphatic heterocycles. The molecule has 0 unspecified atom stereocenters. The molecule has 136 valence electrons. The minimum Gasteiger partial charge on any atom is -0.383 e. The number of likely N-dealkylation sites (tertiary alicyclic amines) is 1. The molecule has 0 atom stereocenters. The number of guanidine groups is 1. The van der Waals surface area contributed by atoms with Crippen molar-refractivity contribution in [2.45, 2.75) is 32.7 Å². The summed E-state index contributed by atoms with van der Waals surface area (Å²) in [6.45, 7) is 8.09. The van der Waals surface area contributed by atoms with Gasteiger partial charge in [0, 0.05) is 38.3 Å². The van der Waals surface area contributed by atoms with Gasteiger partial charge in [-0.15, -0.1) is 11.3 Å². The molecule has 0 amide bonds. The molecule has 1 saturated heterocycles. The van der Waals surface area contributed by atoms with Crippen molar-refractivity contribution < 1.29 is 4.74 Å². The second-order valence-corrected chi connectivity index (χ2v) is 7.36. The first kappa shape index (κ1) is 19.1. The topological polar surface area (TPSA) is 61.8 Å². The SMILES string of the molecule is CCc1cnc(CNC(=NC)NCC2CCN(CCOC)CC2)s1. The van der Waals surface area contributed by atoms with Gasteiger partial charge in [-0.05, 0) is 38.3 Å². The second kappa shape index (κ2) is 10.6. The quantitative estimate of drug-likeness (QED) is 0.550. The molecule has 0 spiro atoms. The summed E-state index contributed by atoms with van der Waals surface area (Å²) in [5, 5.41) is 7.93. The number of aliphatic imine (C=N–C) groups is 1. The number of thiazole rings is 1. The standard InChI is InChI=1S/C17H31N5OS/c1-4-15-12-19-16(24-15)13-21-17(18-2)20-11-14-5-7-22(8-6-14)9-10-23-3/h12,14H,4-11,13H2,1-3H3,(H2,18,20,21). The molecule has 0 saturated carbocycles. The van der Waals surface area contributed by atoms with Crippen molar-refractivity contribution in [3.05, 3.63) is 16.1 Å². The summed E-state index contributed by atoms with van der Waals surface area (Å²) in [6.07, 6.45) is 5.49. The van der Waals surface area contributed by atoms with E-state index in [4.69, 9.17) is 4.74 Å². The van der Waals surface area contributed by atoms with Crippen LogP contribution >= 0.6 is 11.3 Å². The zero-order valence-corrected chi connectivity index (χ0v) is 16.0. The number of aryl methyl sites for hydroxylation is 1. The predicted octanol–water partition coefficient (Wildman–Crippen LogP) is 1.73. The van der Waals surface area contributed by atoms with E-state index in [1.807, 2.05) is 13.2 Å². The van der Waals surface area contributed by atoms with Gasteiger partial charge in [0.2, 0.25) is 0 Å². The Morgan fingerprint density at radius 1 is 1.42 bits per heavy atom. The average Bonchev–Trinajstić information content (AvgIpc) is 3.09. The lowest BCUT2D eigenvalue weighted by atomic mass is 9.97. The van der Waals surface area contributed by atoms with Gasteiger partial charge in [-0.2, -0.15) is 0 Å². The zero-order valence-electron chi connectivity index (χ0n) is 15.2. The molecule has 2 N–H and O–H groups in total. The molecule has 0 aromatic carbocycles. The van der Waals surface area contributed by atoms with E-state index < -0.39 is 0 Å². The Labute approximate surface area is 149 Å². The van der Waals surface area contributed by atoms with E-state index in [9.17, 15) is 0 Å². The van der Waals surface area contributed by atoms with Gasteiger partial charge in [-0.1, -0.05) is 6.92 Å². The molecule has 0 radical (unpaired) electrons. The molecule has 0 bridgehead atoms. The summed E-state index contributed by atoms with van der Waals surface area (Å²) in [6, 6.07) is 0. The van der Waals surface area contributed by atoms with Crippen molar-refractivity contribution in [1.82, 2.24) is 20.5 Å². The van der Waals surface area contributed by atoms with E-state index in [1.165, 1.54) is 30.8 Å². The fourth-order valence-electron chi connectivity index (χ4n) is 2.85. The van der Waals surface area contributed by atoms with E-state index in [1.54, 1.807) is 18.4 Å². The maximum absolute atomic E-state index is 5.15. The summed E-state index contributed by atoms with van der Waals surface area (Å²) < 4.78 is 5.15. The number of aromatic nitrogens is 1. The number of hydrogen-bond donors (Lipinski definition) is 2. The summed E-state index contributed by atoms with van der Waals surface area (Å²) in [5.41, 5.74) is 0. The van der Waals surface area contributed by atoms with Gasteiger partial charge in [0.1, 0.15) is 5.01 Å². The molecular formula is C17H31N5OS. The van der Waals surface area contributed by atoms with Crippen LogP contribution in [0, 0.1) is 5.92 Å². The summed E-state index contributed by atoms with van der Waals surface area (Å²) in [7, 11) is 3.59. The predicted molar refractivity (Wildman–Crippen MR) is 101 cm³/mol. The maximum atomic E-state index is 5.15. The van der Waals surface area contributed by atoms with Crippen molar-refractivity contribution in [1.29, 1.82) is 0 Å². The number of rotatable bonds is 8. The Morgan fingerprint density at radius 2 is 2.21 bits per heavy atom. The van der Waals surface area contributed by atoms with Crippen LogP contribution in [-0.2, 0) is 17.7 Å². The first-order valence-corrected chi connectivity index (χ1v) is 9.66. The lowest BCUT2D eigenvalue weighted by Gasteiger charge is -2.32. The lowest BCUT2D eigenvalue weighted by molar-refractivity contribution is 0.121. The Bertz CT molecular complexity index is 497. The first-order valence-electron chi connectivity index (χ1n) is 8.84. The average molecular weight is 354 g/mol. The van der Waals surface area contributed by atoms with Gasteiger partial charge in [0.25, 0.3) is 0 Å². The highest BCUT2D eigenvalue weighted by Gasteiger charge is 2.19. The van der Waals surface area contributed by atoms with Crippen molar-refractivity contribution in [3.63, 3.8) is 0 Å². The number of nitrogens with zero attached hydrogens (tertiary/aromatic N) is 3. The minimum absolute atomic E-state index is 0.717. The second-order valence-electron chi connectivity index (χ2n) is 6.16. The molecule has 7 heteroatoms. The largest absolute Gasteiger partial charge is 0.383 e. The minimum atomic E-state index is 0.717. The van der Waals surface area contributed by atoms with Crippen molar-refractivity contribution in [2.75, 3.05) is 46.9 Å². The van der Waals surface area contributed by atoms with Gasteiger partial charge < -0.3 is 20.3 Å². The van der Waals surface area contributed by atoms with Crippen LogP contribution in [0.5, 0.6) is 0 Å². The summed E-state index contributed by atoms with van der Waals surface area (Å²) in [4.78, 5) is 12.6. The monoisotopic (exact) mass is 353 g/mol. The first-order chi connectivity index (χ1) is 11.7. The fraction of sp³-hybridized carbons (Fsp3) is 0.765. The van der Waals surface area contributed by atoms with Gasteiger partial charge in [0.15, 0.2) is 5.96 Å². The van der Waals surface area contributed by atoms with Crippen LogP contribution in [0.2, 0.25) is 0 Å². The van der Waals surface area contributed by atoms with Gasteiger partial charge in [-0.3, -0.25) is 4.99 Å². The molecule has 24 heavy (non-hydrogen) atoms. The van der Waals surface area contributed by atoms with Gasteiger partial charge in [0.05, 0.1) is 13.2 Å². The number of piperidine rings is 1. The molecule has 6 nitrogen and oxygen atoms in total. The highest BCUT2D eigenvalue weighted by Crippen LogP contribution is 2.16. The molecule has 1 aromatic heterocycles. The Hall–Kier alpha value is -1.18. The van der Waals surface area contributed by atoms with Crippen LogP contribution in [-0.4, -0.2) is 62.8 Å². The van der Waals surface area contributed by atoms with E-state index in [0.717, 1.165) is 43.6 Å². The van der Waals surface area contributed by atoms with Gasteiger partial charge >= 0.3 is 0 Å². The van der Waals surface area contributed by atoms with Crippen LogP contribution in [0.1, 0.15) is 29.7 Å². The number of methoxy groups -OCH3 is 1. The van der Waals surface area contributed by atoms with Crippen LogP contribution in [0.3, 0.4) is 0 Å². The van der Waals surface area contributed by atoms with Crippen LogP contribution in [0.15, 0.2) is 11.2 Å². The van der Waals surface area contributed by atoms with E-state index >= 15 is 0 Å². The molecule has 2 rings (SSSR count). The Morgan fingerprint density at radius 3 is 2.83 bits per heavy atom. The third-order valence-corrected chi connectivity index (χ3v) is 5.60. The van der Waals surface area contributed by atoms with Crippen LogP contribution in [0.25, 0.3) is 0 Å². The van der Waals surface area contributed by atoms with Crippen LogP contribution < -0.4 is 10.6 Å². The Balaban J connectivity index is 1.65. The van der Waals surface area contributed by atoms with Crippen molar-refractivity contribution in [2.24, 2.45) is 10.9 Å². The lowest BCUT2D eigenvalue weighted by Crippen LogP contribution is -2.43. The molecule has 1 aromatic rings. The summed E-state index contributed by atoms with van der Waals surface area (Å²) >= 11 is 1.77. The zero-order chi connectivity index (χ0) is 17.2. The van der Waals surface area contributed by atoms with Crippen LogP contribution in [0.4, 0.5) is 0 Å². The molecule has 2 heterocycles. The summed E-state index contributed by atoms with van der Waals surface area (Å²) in [5.74, 6) is 1.58. The van der Waals surface area contributed by atoms with E-state index in [-0.39, 0.29) is 0 Å².